The molecule has 1 heterocycles. The highest BCUT2D eigenvalue weighted by atomic mass is 16.1. The standard InChI is InChI=1S/C16H17N3O/c1-9-5-10(2)7-12(6-9)15(17)11-3-4-13-14(8-11)19-16(20)18-13/h3-8,15H,17H2,1-2H3,(H2,18,19,20). The van der Waals surface area contributed by atoms with Crippen molar-refractivity contribution in [2.75, 3.05) is 0 Å². The molecular formula is C16H17N3O. The van der Waals surface area contributed by atoms with E-state index in [1.54, 1.807) is 0 Å². The van der Waals surface area contributed by atoms with Crippen LogP contribution in [-0.2, 0) is 0 Å². The van der Waals surface area contributed by atoms with Gasteiger partial charge in [0.15, 0.2) is 0 Å². The highest BCUT2D eigenvalue weighted by Crippen LogP contribution is 2.23. The van der Waals surface area contributed by atoms with Crippen LogP contribution in [0.15, 0.2) is 41.2 Å². The van der Waals surface area contributed by atoms with Crippen LogP contribution in [0.5, 0.6) is 0 Å². The number of benzene rings is 2. The lowest BCUT2D eigenvalue weighted by Gasteiger charge is -2.14. The maximum atomic E-state index is 11.3. The molecule has 20 heavy (non-hydrogen) atoms. The van der Waals surface area contributed by atoms with Gasteiger partial charge in [0, 0.05) is 0 Å². The molecule has 0 saturated heterocycles. The van der Waals surface area contributed by atoms with Crippen molar-refractivity contribution in [1.82, 2.24) is 9.97 Å². The molecule has 0 bridgehead atoms. The summed E-state index contributed by atoms with van der Waals surface area (Å²) in [4.78, 5) is 16.8. The molecule has 3 aromatic rings. The van der Waals surface area contributed by atoms with E-state index in [2.05, 4.69) is 42.0 Å². The van der Waals surface area contributed by atoms with Gasteiger partial charge in [0.25, 0.3) is 0 Å². The second-order valence-electron chi connectivity index (χ2n) is 5.28. The number of nitrogens with one attached hydrogen (secondary N) is 2. The first-order valence-corrected chi connectivity index (χ1v) is 6.58. The van der Waals surface area contributed by atoms with Gasteiger partial charge >= 0.3 is 5.69 Å². The average molecular weight is 267 g/mol. The monoisotopic (exact) mass is 267 g/mol. The van der Waals surface area contributed by atoms with Crippen molar-refractivity contribution in [2.45, 2.75) is 19.9 Å². The molecule has 0 aliphatic carbocycles. The third-order valence-corrected chi connectivity index (χ3v) is 3.50. The maximum Gasteiger partial charge on any atom is 0.323 e. The third kappa shape index (κ3) is 2.26. The molecule has 102 valence electrons. The van der Waals surface area contributed by atoms with Gasteiger partial charge in [-0.15, -0.1) is 0 Å². The van der Waals surface area contributed by atoms with Crippen LogP contribution < -0.4 is 11.4 Å². The first-order chi connectivity index (χ1) is 9.52. The first kappa shape index (κ1) is 12.7. The zero-order chi connectivity index (χ0) is 14.3. The number of H-pyrrole nitrogens is 2. The minimum atomic E-state index is -0.198. The van der Waals surface area contributed by atoms with E-state index in [9.17, 15) is 4.79 Å². The van der Waals surface area contributed by atoms with Crippen LogP contribution in [0.25, 0.3) is 11.0 Å². The van der Waals surface area contributed by atoms with Crippen molar-refractivity contribution >= 4 is 11.0 Å². The summed E-state index contributed by atoms with van der Waals surface area (Å²) in [5.41, 5.74) is 12.2. The van der Waals surface area contributed by atoms with Gasteiger partial charge in [-0.2, -0.15) is 0 Å². The number of nitrogens with two attached hydrogens (primary N) is 1. The Kier molecular flexibility index (Phi) is 2.95. The van der Waals surface area contributed by atoms with Gasteiger partial charge < -0.3 is 15.7 Å². The molecule has 3 rings (SSSR count). The number of fused-ring (bicyclic) bond motifs is 1. The third-order valence-electron chi connectivity index (χ3n) is 3.50. The van der Waals surface area contributed by atoms with Crippen molar-refractivity contribution in [3.63, 3.8) is 0 Å². The van der Waals surface area contributed by atoms with Crippen molar-refractivity contribution in [3.05, 3.63) is 69.1 Å². The fourth-order valence-electron chi connectivity index (χ4n) is 2.63. The van der Waals surface area contributed by atoms with Gasteiger partial charge in [-0.25, -0.2) is 4.79 Å². The summed E-state index contributed by atoms with van der Waals surface area (Å²) in [6.45, 7) is 4.13. The number of hydrogen-bond acceptors (Lipinski definition) is 2. The predicted octanol–water partition coefficient (Wildman–Crippen LogP) is 2.52. The Labute approximate surface area is 116 Å². The number of aryl methyl sites for hydroxylation is 2. The number of rotatable bonds is 2. The molecule has 4 heteroatoms. The summed E-state index contributed by atoms with van der Waals surface area (Å²) in [5, 5.41) is 0. The van der Waals surface area contributed by atoms with Gasteiger partial charge in [0.05, 0.1) is 17.1 Å². The molecule has 0 saturated carbocycles. The van der Waals surface area contributed by atoms with Crippen molar-refractivity contribution in [2.24, 2.45) is 5.73 Å². The van der Waals surface area contributed by atoms with Crippen LogP contribution in [0, 0.1) is 13.8 Å². The Hall–Kier alpha value is -2.33. The molecule has 2 aromatic carbocycles. The van der Waals surface area contributed by atoms with Crippen molar-refractivity contribution in [1.29, 1.82) is 0 Å². The van der Waals surface area contributed by atoms with E-state index in [0.29, 0.717) is 0 Å². The van der Waals surface area contributed by atoms with Crippen LogP contribution in [-0.4, -0.2) is 9.97 Å². The summed E-state index contributed by atoms with van der Waals surface area (Å²) < 4.78 is 0. The Morgan fingerprint density at radius 3 is 2.25 bits per heavy atom. The number of imidazole rings is 1. The second kappa shape index (κ2) is 4.65. The molecule has 4 nitrogen and oxygen atoms in total. The molecule has 0 aliphatic heterocycles. The largest absolute Gasteiger partial charge is 0.323 e. The Morgan fingerprint density at radius 1 is 0.900 bits per heavy atom. The summed E-state index contributed by atoms with van der Waals surface area (Å²) in [6, 6.07) is 11.9. The molecule has 1 atom stereocenters. The Balaban J connectivity index is 2.06. The van der Waals surface area contributed by atoms with E-state index in [-0.39, 0.29) is 11.7 Å². The SMILES string of the molecule is Cc1cc(C)cc(C(N)c2ccc3[nH]c(=O)[nH]c3c2)c1. The van der Waals surface area contributed by atoms with Crippen molar-refractivity contribution in [3.8, 4) is 0 Å². The van der Waals surface area contributed by atoms with Crippen LogP contribution in [0.2, 0.25) is 0 Å². The quantitative estimate of drug-likeness (QED) is 0.667. The average Bonchev–Trinajstić information content (AvgIpc) is 2.75. The van der Waals surface area contributed by atoms with Gasteiger partial charge in [0.1, 0.15) is 0 Å². The fraction of sp³-hybridized carbons (Fsp3) is 0.188. The highest BCUT2D eigenvalue weighted by Gasteiger charge is 2.11. The molecule has 1 unspecified atom stereocenters. The molecule has 0 spiro atoms. The normalized spacial score (nSPS) is 12.8. The van der Waals surface area contributed by atoms with Crippen LogP contribution in [0.4, 0.5) is 0 Å². The van der Waals surface area contributed by atoms with Crippen LogP contribution in [0.3, 0.4) is 0 Å². The lowest BCUT2D eigenvalue weighted by atomic mass is 9.96. The molecule has 0 aliphatic rings. The summed E-state index contributed by atoms with van der Waals surface area (Å²) in [5.74, 6) is 0. The van der Waals surface area contributed by atoms with E-state index >= 15 is 0 Å². The molecule has 1 aromatic heterocycles. The topological polar surface area (TPSA) is 74.7 Å². The summed E-state index contributed by atoms with van der Waals surface area (Å²) >= 11 is 0. The number of hydrogen-bond donors (Lipinski definition) is 3. The Morgan fingerprint density at radius 2 is 1.55 bits per heavy atom. The maximum absolute atomic E-state index is 11.3. The lowest BCUT2D eigenvalue weighted by molar-refractivity contribution is 0.869. The van der Waals surface area contributed by atoms with Gasteiger partial charge in [-0.3, -0.25) is 0 Å². The lowest BCUT2D eigenvalue weighted by Crippen LogP contribution is -2.12. The highest BCUT2D eigenvalue weighted by molar-refractivity contribution is 5.75. The smallest absolute Gasteiger partial charge is 0.320 e. The second-order valence-corrected chi connectivity index (χ2v) is 5.28. The van der Waals surface area contributed by atoms with E-state index in [1.165, 1.54) is 11.1 Å². The first-order valence-electron chi connectivity index (χ1n) is 6.58. The number of aromatic amines is 2. The number of aromatic nitrogens is 2. The molecule has 4 N–H and O–H groups in total. The molecule has 0 fully saturated rings. The van der Waals surface area contributed by atoms with Crippen molar-refractivity contribution < 1.29 is 0 Å². The molecular weight excluding hydrogens is 250 g/mol. The molecule has 0 amide bonds. The minimum absolute atomic E-state index is 0.197. The van der Waals surface area contributed by atoms with Gasteiger partial charge in [0.2, 0.25) is 0 Å². The van der Waals surface area contributed by atoms with E-state index in [1.807, 2.05) is 18.2 Å². The zero-order valence-corrected chi connectivity index (χ0v) is 11.5. The van der Waals surface area contributed by atoms with E-state index in [0.717, 1.165) is 22.2 Å². The Bertz CT molecular complexity index is 809. The van der Waals surface area contributed by atoms with Gasteiger partial charge in [-0.05, 0) is 37.1 Å². The van der Waals surface area contributed by atoms with E-state index in [4.69, 9.17) is 5.73 Å². The molecule has 0 radical (unpaired) electrons. The fourth-order valence-corrected chi connectivity index (χ4v) is 2.63. The van der Waals surface area contributed by atoms with Gasteiger partial charge in [-0.1, -0.05) is 35.4 Å². The summed E-state index contributed by atoms with van der Waals surface area (Å²) in [6.07, 6.45) is 0. The summed E-state index contributed by atoms with van der Waals surface area (Å²) in [7, 11) is 0. The minimum Gasteiger partial charge on any atom is -0.320 e. The van der Waals surface area contributed by atoms with Crippen LogP contribution >= 0.6 is 0 Å². The van der Waals surface area contributed by atoms with Crippen LogP contribution in [0.1, 0.15) is 28.3 Å². The predicted molar refractivity (Wildman–Crippen MR) is 80.9 cm³/mol. The zero-order valence-electron chi connectivity index (χ0n) is 11.5. The van der Waals surface area contributed by atoms with E-state index < -0.39 is 0 Å².